The van der Waals surface area contributed by atoms with E-state index in [-0.39, 0.29) is 28.1 Å². The number of amides is 2. The summed E-state index contributed by atoms with van der Waals surface area (Å²) < 4.78 is 28.5. The van der Waals surface area contributed by atoms with E-state index >= 15 is 0 Å². The number of nitrogens with zero attached hydrogens (tertiary/aromatic N) is 2. The number of halogens is 1. The van der Waals surface area contributed by atoms with Gasteiger partial charge in [0.1, 0.15) is 12.6 Å². The van der Waals surface area contributed by atoms with Crippen LogP contribution in [0.1, 0.15) is 38.8 Å². The second-order valence-electron chi connectivity index (χ2n) is 10.1. The van der Waals surface area contributed by atoms with Crippen LogP contribution in [0.15, 0.2) is 83.8 Å². The Kier molecular flexibility index (Phi) is 9.22. The zero-order valence-electron chi connectivity index (χ0n) is 22.3. The summed E-state index contributed by atoms with van der Waals surface area (Å²) in [4.78, 5) is 28.5. The van der Waals surface area contributed by atoms with Crippen molar-refractivity contribution in [2.45, 2.75) is 57.6 Å². The van der Waals surface area contributed by atoms with Crippen molar-refractivity contribution >= 4 is 39.1 Å². The van der Waals surface area contributed by atoms with E-state index in [1.807, 2.05) is 52.0 Å². The molecule has 1 N–H and O–H groups in total. The van der Waals surface area contributed by atoms with Crippen LogP contribution in [-0.4, -0.2) is 43.3 Å². The van der Waals surface area contributed by atoms with Gasteiger partial charge in [0.05, 0.1) is 15.6 Å². The highest BCUT2D eigenvalue weighted by atomic mass is 35.5. The number of para-hydroxylation sites is 1. The minimum atomic E-state index is -4.16. The highest BCUT2D eigenvalue weighted by Crippen LogP contribution is 2.30. The Balaban J connectivity index is 2.05. The first-order valence-corrected chi connectivity index (χ1v) is 14.1. The normalized spacial score (nSPS) is 12.5. The average molecular weight is 556 g/mol. The third-order valence-electron chi connectivity index (χ3n) is 6.00. The molecule has 0 heterocycles. The largest absolute Gasteiger partial charge is 0.350 e. The SMILES string of the molecule is Cc1ccccc1CN(C(=O)CN(c1ccccc1Cl)S(=O)(=O)c1ccccc1)[C@H](C)C(=O)NC(C)(C)C. The molecule has 0 saturated heterocycles. The molecule has 3 aromatic carbocycles. The van der Waals surface area contributed by atoms with Gasteiger partial charge in [-0.25, -0.2) is 8.42 Å². The number of sulfonamides is 1. The number of hydrogen-bond acceptors (Lipinski definition) is 4. The second-order valence-corrected chi connectivity index (χ2v) is 12.4. The van der Waals surface area contributed by atoms with Crippen LogP contribution in [0.5, 0.6) is 0 Å². The van der Waals surface area contributed by atoms with Crippen molar-refractivity contribution in [1.29, 1.82) is 0 Å². The third-order valence-corrected chi connectivity index (χ3v) is 8.09. The van der Waals surface area contributed by atoms with E-state index in [0.29, 0.717) is 0 Å². The molecule has 9 heteroatoms. The van der Waals surface area contributed by atoms with Gasteiger partial charge >= 0.3 is 0 Å². The molecule has 0 aliphatic carbocycles. The van der Waals surface area contributed by atoms with Crippen LogP contribution in [0.2, 0.25) is 5.02 Å². The number of benzene rings is 3. The van der Waals surface area contributed by atoms with Crippen molar-refractivity contribution in [1.82, 2.24) is 10.2 Å². The molecule has 202 valence electrons. The number of carbonyl (C=O) groups is 2. The molecule has 0 bridgehead atoms. The Morgan fingerprint density at radius 2 is 1.50 bits per heavy atom. The summed E-state index contributed by atoms with van der Waals surface area (Å²) in [7, 11) is -4.16. The fraction of sp³-hybridized carbons (Fsp3) is 0.310. The molecule has 0 aliphatic heterocycles. The van der Waals surface area contributed by atoms with Gasteiger partial charge in [-0.2, -0.15) is 0 Å². The van der Waals surface area contributed by atoms with Gasteiger partial charge in [-0.15, -0.1) is 0 Å². The standard InChI is InChI=1S/C29H34ClN3O4S/c1-21-13-9-10-14-23(21)19-32(22(2)28(35)31-29(3,4)5)27(34)20-33(26-18-12-11-17-25(26)30)38(36,37)24-15-7-6-8-16-24/h6-18,22H,19-20H2,1-5H3,(H,31,35)/t22-/m1/s1. The summed E-state index contributed by atoms with van der Waals surface area (Å²) in [5, 5.41) is 3.10. The Morgan fingerprint density at radius 1 is 0.921 bits per heavy atom. The topological polar surface area (TPSA) is 86.8 Å². The lowest BCUT2D eigenvalue weighted by Gasteiger charge is -2.34. The first-order chi connectivity index (χ1) is 17.8. The van der Waals surface area contributed by atoms with Crippen molar-refractivity contribution < 1.29 is 18.0 Å². The van der Waals surface area contributed by atoms with E-state index in [0.717, 1.165) is 15.4 Å². The molecular weight excluding hydrogens is 522 g/mol. The second kappa shape index (κ2) is 12.0. The summed E-state index contributed by atoms with van der Waals surface area (Å²) in [6.07, 6.45) is 0. The van der Waals surface area contributed by atoms with Gasteiger partial charge in [0.2, 0.25) is 11.8 Å². The summed E-state index contributed by atoms with van der Waals surface area (Å²) in [6, 6.07) is 21.0. The van der Waals surface area contributed by atoms with Gasteiger partial charge in [0, 0.05) is 12.1 Å². The quantitative estimate of drug-likeness (QED) is 0.394. The van der Waals surface area contributed by atoms with Gasteiger partial charge in [-0.1, -0.05) is 66.2 Å². The van der Waals surface area contributed by atoms with E-state index in [1.165, 1.54) is 17.0 Å². The molecule has 0 spiro atoms. The first kappa shape index (κ1) is 29.2. The lowest BCUT2D eigenvalue weighted by atomic mass is 10.1. The van der Waals surface area contributed by atoms with Gasteiger partial charge in [-0.05, 0) is 70.0 Å². The van der Waals surface area contributed by atoms with Crippen molar-refractivity contribution in [2.75, 3.05) is 10.8 Å². The molecule has 0 radical (unpaired) electrons. The number of nitrogens with one attached hydrogen (secondary N) is 1. The molecular formula is C29H34ClN3O4S. The third kappa shape index (κ3) is 7.14. The highest BCUT2D eigenvalue weighted by Gasteiger charge is 2.34. The van der Waals surface area contributed by atoms with Crippen LogP contribution in [0.4, 0.5) is 5.69 Å². The predicted octanol–water partition coefficient (Wildman–Crippen LogP) is 5.18. The molecule has 7 nitrogen and oxygen atoms in total. The summed E-state index contributed by atoms with van der Waals surface area (Å²) in [5.41, 5.74) is 1.47. The fourth-order valence-corrected chi connectivity index (χ4v) is 5.66. The number of aryl methyl sites for hydroxylation is 1. The minimum absolute atomic E-state index is 0.0247. The molecule has 2 amide bonds. The maximum Gasteiger partial charge on any atom is 0.264 e. The minimum Gasteiger partial charge on any atom is -0.350 e. The van der Waals surface area contributed by atoms with Crippen LogP contribution in [-0.2, 0) is 26.2 Å². The smallest absolute Gasteiger partial charge is 0.264 e. The lowest BCUT2D eigenvalue weighted by Crippen LogP contribution is -2.54. The van der Waals surface area contributed by atoms with E-state index in [4.69, 9.17) is 11.6 Å². The van der Waals surface area contributed by atoms with Crippen molar-refractivity contribution in [3.05, 3.63) is 95.0 Å². The van der Waals surface area contributed by atoms with Crippen LogP contribution in [0.3, 0.4) is 0 Å². The van der Waals surface area contributed by atoms with E-state index in [2.05, 4.69) is 5.32 Å². The number of hydrogen-bond donors (Lipinski definition) is 1. The van der Waals surface area contributed by atoms with Crippen LogP contribution in [0, 0.1) is 6.92 Å². The maximum atomic E-state index is 13.9. The summed E-state index contributed by atoms with van der Waals surface area (Å²) in [6.45, 7) is 8.73. The molecule has 3 rings (SSSR count). The summed E-state index contributed by atoms with van der Waals surface area (Å²) >= 11 is 6.42. The highest BCUT2D eigenvalue weighted by molar-refractivity contribution is 7.92. The van der Waals surface area contributed by atoms with Crippen molar-refractivity contribution in [3.63, 3.8) is 0 Å². The maximum absolute atomic E-state index is 13.9. The molecule has 0 saturated carbocycles. The van der Waals surface area contributed by atoms with E-state index < -0.39 is 34.1 Å². The fourth-order valence-electron chi connectivity index (χ4n) is 3.91. The number of anilines is 1. The first-order valence-electron chi connectivity index (χ1n) is 12.3. The van der Waals surface area contributed by atoms with Crippen molar-refractivity contribution in [2.24, 2.45) is 0 Å². The molecule has 0 aromatic heterocycles. The Bertz CT molecular complexity index is 1390. The van der Waals surface area contributed by atoms with Crippen LogP contribution < -0.4 is 9.62 Å². The molecule has 0 fully saturated rings. The summed E-state index contributed by atoms with van der Waals surface area (Å²) in [5.74, 6) is -0.876. The number of rotatable bonds is 9. The van der Waals surface area contributed by atoms with Gasteiger partial charge in [0.15, 0.2) is 0 Å². The lowest BCUT2D eigenvalue weighted by molar-refractivity contribution is -0.140. The Hall–Kier alpha value is -3.36. The molecule has 0 unspecified atom stereocenters. The zero-order chi connectivity index (χ0) is 28.1. The van der Waals surface area contributed by atoms with Crippen LogP contribution in [0.25, 0.3) is 0 Å². The van der Waals surface area contributed by atoms with Crippen LogP contribution >= 0.6 is 11.6 Å². The molecule has 38 heavy (non-hydrogen) atoms. The van der Waals surface area contributed by atoms with E-state index in [9.17, 15) is 18.0 Å². The predicted molar refractivity (Wildman–Crippen MR) is 152 cm³/mol. The average Bonchev–Trinajstić information content (AvgIpc) is 2.86. The van der Waals surface area contributed by atoms with Crippen molar-refractivity contribution in [3.8, 4) is 0 Å². The molecule has 0 aliphatic rings. The molecule has 3 aromatic rings. The van der Waals surface area contributed by atoms with E-state index in [1.54, 1.807) is 49.4 Å². The van der Waals surface area contributed by atoms with Gasteiger partial charge in [0.25, 0.3) is 10.0 Å². The number of carbonyl (C=O) groups excluding carboxylic acids is 2. The van der Waals surface area contributed by atoms with Gasteiger partial charge in [-0.3, -0.25) is 13.9 Å². The van der Waals surface area contributed by atoms with Gasteiger partial charge < -0.3 is 10.2 Å². The zero-order valence-corrected chi connectivity index (χ0v) is 23.9. The monoisotopic (exact) mass is 555 g/mol. The molecule has 1 atom stereocenters. The Morgan fingerprint density at radius 3 is 2.11 bits per heavy atom. The Labute approximate surface area is 230 Å².